The Kier molecular flexibility index (Phi) is 3.32. The van der Waals surface area contributed by atoms with E-state index in [1.54, 1.807) is 23.4 Å². The number of piperazine rings is 1. The Balaban J connectivity index is 1.64. The van der Waals surface area contributed by atoms with Gasteiger partial charge in [-0.1, -0.05) is 5.16 Å². The van der Waals surface area contributed by atoms with Crippen LogP contribution in [0.2, 0.25) is 0 Å². The maximum absolute atomic E-state index is 12.3. The predicted molar refractivity (Wildman–Crippen MR) is 71.4 cm³/mol. The highest BCUT2D eigenvalue weighted by atomic mass is 16.5. The van der Waals surface area contributed by atoms with Crippen molar-refractivity contribution in [1.29, 1.82) is 0 Å². The number of hydrogen-bond acceptors (Lipinski definition) is 6. The summed E-state index contributed by atoms with van der Waals surface area (Å²) < 4.78 is 4.82. The van der Waals surface area contributed by atoms with Crippen molar-refractivity contribution in [2.24, 2.45) is 0 Å². The molecule has 7 heteroatoms. The van der Waals surface area contributed by atoms with Gasteiger partial charge in [-0.2, -0.15) is 0 Å². The average molecular weight is 273 g/mol. The minimum atomic E-state index is -0.0788. The van der Waals surface area contributed by atoms with Gasteiger partial charge in [0.05, 0.1) is 0 Å². The second kappa shape index (κ2) is 5.28. The van der Waals surface area contributed by atoms with Crippen molar-refractivity contribution in [2.75, 3.05) is 31.1 Å². The normalized spacial score (nSPS) is 15.4. The largest absolute Gasteiger partial charge is 0.364 e. The van der Waals surface area contributed by atoms with Crippen molar-refractivity contribution in [3.8, 4) is 0 Å². The fourth-order valence-corrected chi connectivity index (χ4v) is 2.21. The van der Waals surface area contributed by atoms with E-state index in [9.17, 15) is 4.79 Å². The topological polar surface area (TPSA) is 75.4 Å². The smallest absolute Gasteiger partial charge is 0.276 e. The minimum Gasteiger partial charge on any atom is -0.364 e. The van der Waals surface area contributed by atoms with E-state index < -0.39 is 0 Å². The van der Waals surface area contributed by atoms with Gasteiger partial charge in [0.15, 0.2) is 5.69 Å². The molecule has 1 fully saturated rings. The fourth-order valence-electron chi connectivity index (χ4n) is 2.21. The van der Waals surface area contributed by atoms with Gasteiger partial charge in [-0.15, -0.1) is 0 Å². The van der Waals surface area contributed by atoms with Crippen molar-refractivity contribution >= 4 is 11.9 Å². The Bertz CT molecular complexity index is 590. The number of anilines is 1. The molecule has 0 radical (unpaired) electrons. The molecule has 20 heavy (non-hydrogen) atoms. The molecule has 0 spiro atoms. The molecule has 2 aromatic rings. The van der Waals surface area contributed by atoms with Crippen LogP contribution in [0.3, 0.4) is 0 Å². The van der Waals surface area contributed by atoms with E-state index in [-0.39, 0.29) is 5.91 Å². The summed E-state index contributed by atoms with van der Waals surface area (Å²) in [6.45, 7) is 4.50. The molecule has 0 unspecified atom stereocenters. The zero-order valence-corrected chi connectivity index (χ0v) is 11.2. The summed E-state index contributed by atoms with van der Waals surface area (Å²) in [7, 11) is 0. The molecule has 1 aliphatic rings. The Morgan fingerprint density at radius 3 is 2.50 bits per heavy atom. The first kappa shape index (κ1) is 12.6. The lowest BCUT2D eigenvalue weighted by Crippen LogP contribution is -2.49. The third kappa shape index (κ3) is 2.34. The molecule has 7 nitrogen and oxygen atoms in total. The van der Waals surface area contributed by atoms with Gasteiger partial charge in [0.25, 0.3) is 5.91 Å². The minimum absolute atomic E-state index is 0.0788. The SMILES string of the molecule is Cc1conc1C(=O)N1CCN(c2ncccn2)CC1. The van der Waals surface area contributed by atoms with Crippen LogP contribution in [0.25, 0.3) is 0 Å². The third-order valence-electron chi connectivity index (χ3n) is 3.35. The monoisotopic (exact) mass is 273 g/mol. The lowest BCUT2D eigenvalue weighted by atomic mass is 10.2. The van der Waals surface area contributed by atoms with Crippen molar-refractivity contribution < 1.29 is 9.32 Å². The first-order valence-corrected chi connectivity index (χ1v) is 6.48. The fraction of sp³-hybridized carbons (Fsp3) is 0.385. The van der Waals surface area contributed by atoms with Crippen LogP contribution in [0.5, 0.6) is 0 Å². The Morgan fingerprint density at radius 1 is 1.20 bits per heavy atom. The molecule has 0 aliphatic carbocycles. The van der Waals surface area contributed by atoms with Crippen molar-refractivity contribution in [3.05, 3.63) is 36.0 Å². The summed E-state index contributed by atoms with van der Waals surface area (Å²) in [6.07, 6.45) is 4.93. The predicted octanol–water partition coefficient (Wildman–Crippen LogP) is 0.735. The summed E-state index contributed by atoms with van der Waals surface area (Å²) in [5.74, 6) is 0.627. The van der Waals surface area contributed by atoms with Gasteiger partial charge in [0, 0.05) is 44.1 Å². The molecule has 1 saturated heterocycles. The van der Waals surface area contributed by atoms with Crippen molar-refractivity contribution in [3.63, 3.8) is 0 Å². The number of rotatable bonds is 2. The van der Waals surface area contributed by atoms with Crippen LogP contribution in [-0.2, 0) is 0 Å². The number of aryl methyl sites for hydroxylation is 1. The highest BCUT2D eigenvalue weighted by Crippen LogP contribution is 2.13. The number of aromatic nitrogens is 3. The summed E-state index contributed by atoms with van der Waals surface area (Å²) in [4.78, 5) is 24.6. The standard InChI is InChI=1S/C13H15N5O2/c1-10-9-20-16-11(10)12(19)17-5-7-18(8-6-17)13-14-3-2-4-15-13/h2-4,9H,5-8H2,1H3. The lowest BCUT2D eigenvalue weighted by molar-refractivity contribution is 0.0735. The molecule has 104 valence electrons. The Hall–Kier alpha value is -2.44. The summed E-state index contributed by atoms with van der Waals surface area (Å²) in [5, 5.41) is 3.76. The van der Waals surface area contributed by atoms with Crippen LogP contribution >= 0.6 is 0 Å². The molecule has 1 aliphatic heterocycles. The highest BCUT2D eigenvalue weighted by Gasteiger charge is 2.25. The summed E-state index contributed by atoms with van der Waals surface area (Å²) in [5.41, 5.74) is 1.17. The van der Waals surface area contributed by atoms with Gasteiger partial charge >= 0.3 is 0 Å². The lowest BCUT2D eigenvalue weighted by Gasteiger charge is -2.34. The Morgan fingerprint density at radius 2 is 1.90 bits per heavy atom. The molecule has 3 rings (SSSR count). The van der Waals surface area contributed by atoms with Gasteiger partial charge in [0.2, 0.25) is 5.95 Å². The van der Waals surface area contributed by atoms with Crippen LogP contribution < -0.4 is 4.90 Å². The van der Waals surface area contributed by atoms with E-state index in [2.05, 4.69) is 20.0 Å². The van der Waals surface area contributed by atoms with Crippen LogP contribution in [0, 0.1) is 6.92 Å². The zero-order chi connectivity index (χ0) is 13.9. The number of carbonyl (C=O) groups is 1. The molecular weight excluding hydrogens is 258 g/mol. The highest BCUT2D eigenvalue weighted by molar-refractivity contribution is 5.93. The molecule has 2 aromatic heterocycles. The van der Waals surface area contributed by atoms with Gasteiger partial charge in [-0.3, -0.25) is 4.79 Å². The van der Waals surface area contributed by atoms with E-state index in [0.29, 0.717) is 37.8 Å². The summed E-state index contributed by atoms with van der Waals surface area (Å²) >= 11 is 0. The molecule has 1 amide bonds. The van der Waals surface area contributed by atoms with Gasteiger partial charge in [0.1, 0.15) is 6.26 Å². The van der Waals surface area contributed by atoms with Crippen LogP contribution in [0.4, 0.5) is 5.95 Å². The first-order chi connectivity index (χ1) is 9.75. The quantitative estimate of drug-likeness (QED) is 0.803. The van der Waals surface area contributed by atoms with E-state index in [0.717, 1.165) is 5.56 Å². The molecule has 0 saturated carbocycles. The van der Waals surface area contributed by atoms with Crippen molar-refractivity contribution in [2.45, 2.75) is 6.92 Å². The molecule has 0 aromatic carbocycles. The van der Waals surface area contributed by atoms with Gasteiger partial charge in [-0.05, 0) is 13.0 Å². The molecule has 3 heterocycles. The number of nitrogens with zero attached hydrogens (tertiary/aromatic N) is 5. The van der Waals surface area contributed by atoms with E-state index in [4.69, 9.17) is 4.52 Å². The van der Waals surface area contributed by atoms with Crippen molar-refractivity contribution in [1.82, 2.24) is 20.0 Å². The number of amides is 1. The molecular formula is C13H15N5O2. The second-order valence-corrected chi connectivity index (χ2v) is 4.67. The Labute approximate surface area is 116 Å². The zero-order valence-electron chi connectivity index (χ0n) is 11.2. The maximum atomic E-state index is 12.3. The van der Waals surface area contributed by atoms with Crippen LogP contribution in [0.1, 0.15) is 16.1 Å². The number of hydrogen-bond donors (Lipinski definition) is 0. The number of carbonyl (C=O) groups excluding carboxylic acids is 1. The van der Waals surface area contributed by atoms with E-state index in [1.165, 1.54) is 6.26 Å². The first-order valence-electron chi connectivity index (χ1n) is 6.48. The van der Waals surface area contributed by atoms with Crippen LogP contribution in [0.15, 0.2) is 29.2 Å². The third-order valence-corrected chi connectivity index (χ3v) is 3.35. The second-order valence-electron chi connectivity index (χ2n) is 4.67. The van der Waals surface area contributed by atoms with Gasteiger partial charge < -0.3 is 14.3 Å². The molecule has 0 atom stereocenters. The van der Waals surface area contributed by atoms with E-state index >= 15 is 0 Å². The van der Waals surface area contributed by atoms with Crippen LogP contribution in [-0.4, -0.2) is 52.1 Å². The molecule has 0 N–H and O–H groups in total. The van der Waals surface area contributed by atoms with E-state index in [1.807, 2.05) is 6.92 Å². The summed E-state index contributed by atoms with van der Waals surface area (Å²) in [6, 6.07) is 1.79. The maximum Gasteiger partial charge on any atom is 0.276 e. The average Bonchev–Trinajstić information content (AvgIpc) is 2.94. The molecule has 0 bridgehead atoms. The van der Waals surface area contributed by atoms with Gasteiger partial charge in [-0.25, -0.2) is 9.97 Å².